The fraction of sp³-hybridized carbons (Fsp3) is 0.154. The first-order chi connectivity index (χ1) is 15.0. The zero-order valence-electron chi connectivity index (χ0n) is 17.9. The summed E-state index contributed by atoms with van der Waals surface area (Å²) in [5, 5.41) is 12.5. The van der Waals surface area contributed by atoms with Crippen LogP contribution in [0.4, 0.5) is 5.69 Å². The van der Waals surface area contributed by atoms with Crippen LogP contribution < -0.4 is 9.30 Å². The molecule has 0 amide bonds. The number of aliphatic imine (C=N–C) groups is 1. The number of aryl methyl sites for hydroxylation is 2. The van der Waals surface area contributed by atoms with Gasteiger partial charge in [0, 0.05) is 5.56 Å². The van der Waals surface area contributed by atoms with Crippen LogP contribution in [0.5, 0.6) is 5.75 Å². The number of rotatable bonds is 6. The molecule has 1 aromatic heterocycles. The third-order valence-corrected chi connectivity index (χ3v) is 5.40. The number of methoxy groups -OCH3 is 1. The molecule has 5 nitrogen and oxygen atoms in total. The maximum absolute atomic E-state index is 12.5. The van der Waals surface area contributed by atoms with Gasteiger partial charge in [0.05, 0.1) is 32.6 Å². The normalized spacial score (nSPS) is 13.6. The predicted octanol–water partition coefficient (Wildman–Crippen LogP) is 3.92. The second-order valence-corrected chi connectivity index (χ2v) is 7.44. The second-order valence-electron chi connectivity index (χ2n) is 7.44. The predicted molar refractivity (Wildman–Crippen MR) is 122 cm³/mol. The van der Waals surface area contributed by atoms with Crippen LogP contribution in [0.25, 0.3) is 0 Å². The Balaban J connectivity index is 2.04. The van der Waals surface area contributed by atoms with Crippen LogP contribution in [0.1, 0.15) is 17.0 Å². The molecule has 156 valence electrons. The molecule has 1 N–H and O–H groups in total. The SMILES string of the molecule is COc1ccc(C(O)(C(=Nc2ccccc2)c2ccccc2)c2n(C)cc[n+]2C)cc1. The fourth-order valence-electron chi connectivity index (χ4n) is 3.89. The van der Waals surface area contributed by atoms with Gasteiger partial charge in [0.25, 0.3) is 5.82 Å². The van der Waals surface area contributed by atoms with Gasteiger partial charge in [-0.1, -0.05) is 60.7 Å². The van der Waals surface area contributed by atoms with Gasteiger partial charge >= 0.3 is 0 Å². The van der Waals surface area contributed by atoms with E-state index in [0.717, 1.165) is 17.0 Å². The molecule has 1 heterocycles. The summed E-state index contributed by atoms with van der Waals surface area (Å²) >= 11 is 0. The van der Waals surface area contributed by atoms with Crippen molar-refractivity contribution in [2.75, 3.05) is 7.11 Å². The van der Waals surface area contributed by atoms with Crippen molar-refractivity contribution in [1.29, 1.82) is 0 Å². The maximum Gasteiger partial charge on any atom is 0.299 e. The minimum Gasteiger partial charge on any atom is -0.497 e. The van der Waals surface area contributed by atoms with Crippen molar-refractivity contribution in [3.8, 4) is 5.75 Å². The number of hydrogen-bond donors (Lipinski definition) is 1. The molecule has 1 unspecified atom stereocenters. The summed E-state index contributed by atoms with van der Waals surface area (Å²) in [4.78, 5) is 4.97. The third-order valence-electron chi connectivity index (χ3n) is 5.40. The number of aliphatic hydroxyl groups is 1. The van der Waals surface area contributed by atoms with Crippen LogP contribution in [0.3, 0.4) is 0 Å². The van der Waals surface area contributed by atoms with Crippen molar-refractivity contribution in [3.63, 3.8) is 0 Å². The van der Waals surface area contributed by atoms with Crippen LogP contribution in [0.15, 0.2) is 102 Å². The van der Waals surface area contributed by atoms with Crippen molar-refractivity contribution >= 4 is 11.4 Å². The van der Waals surface area contributed by atoms with Gasteiger partial charge in [-0.15, -0.1) is 0 Å². The molecule has 4 aromatic rings. The Morgan fingerprint density at radius 1 is 0.935 bits per heavy atom. The number of hydrogen-bond acceptors (Lipinski definition) is 3. The number of imidazole rings is 1. The number of benzene rings is 3. The minimum atomic E-state index is -1.52. The Labute approximate surface area is 182 Å². The molecule has 0 saturated heterocycles. The molecule has 5 heteroatoms. The van der Waals surface area contributed by atoms with Gasteiger partial charge in [-0.2, -0.15) is 0 Å². The first-order valence-corrected chi connectivity index (χ1v) is 10.1. The minimum absolute atomic E-state index is 0.543. The third kappa shape index (κ3) is 3.88. The molecule has 0 aliphatic carbocycles. The number of ether oxygens (including phenoxy) is 1. The van der Waals surface area contributed by atoms with Crippen molar-refractivity contribution in [2.45, 2.75) is 5.60 Å². The zero-order valence-corrected chi connectivity index (χ0v) is 17.9. The van der Waals surface area contributed by atoms with E-state index < -0.39 is 5.60 Å². The smallest absolute Gasteiger partial charge is 0.299 e. The van der Waals surface area contributed by atoms with Crippen LogP contribution in [-0.4, -0.2) is 22.5 Å². The first kappa shape index (κ1) is 20.6. The Morgan fingerprint density at radius 2 is 1.55 bits per heavy atom. The van der Waals surface area contributed by atoms with Crippen molar-refractivity contribution in [1.82, 2.24) is 4.57 Å². The highest BCUT2D eigenvalue weighted by atomic mass is 16.5. The van der Waals surface area contributed by atoms with Crippen LogP contribution in [-0.2, 0) is 19.7 Å². The second kappa shape index (κ2) is 8.58. The molecule has 0 fully saturated rings. The highest BCUT2D eigenvalue weighted by Crippen LogP contribution is 2.34. The van der Waals surface area contributed by atoms with Gasteiger partial charge in [-0.25, -0.2) is 14.1 Å². The lowest BCUT2D eigenvalue weighted by atomic mass is 9.83. The van der Waals surface area contributed by atoms with Crippen molar-refractivity contribution in [3.05, 3.63) is 114 Å². The molecule has 0 spiro atoms. The number of aromatic nitrogens is 2. The Kier molecular flexibility index (Phi) is 5.69. The number of nitrogens with zero attached hydrogens (tertiary/aromatic N) is 3. The lowest BCUT2D eigenvalue weighted by Gasteiger charge is -2.28. The van der Waals surface area contributed by atoms with E-state index in [1.807, 2.05) is 121 Å². The summed E-state index contributed by atoms with van der Waals surface area (Å²) in [6.07, 6.45) is 3.85. The molecular formula is C26H26N3O2+. The molecule has 0 bridgehead atoms. The quantitative estimate of drug-likeness (QED) is 0.386. The Hall–Kier alpha value is -3.70. The lowest BCUT2D eigenvalue weighted by Crippen LogP contribution is -2.49. The molecule has 0 aliphatic heterocycles. The number of para-hydroxylation sites is 1. The van der Waals surface area contributed by atoms with E-state index in [4.69, 9.17) is 9.73 Å². The summed E-state index contributed by atoms with van der Waals surface area (Å²) in [7, 11) is 5.48. The summed E-state index contributed by atoms with van der Waals surface area (Å²) in [5.74, 6) is 1.42. The fourth-order valence-corrected chi connectivity index (χ4v) is 3.89. The largest absolute Gasteiger partial charge is 0.497 e. The van der Waals surface area contributed by atoms with Crippen LogP contribution in [0.2, 0.25) is 0 Å². The van der Waals surface area contributed by atoms with Gasteiger partial charge in [0.2, 0.25) is 5.60 Å². The summed E-state index contributed by atoms with van der Waals surface area (Å²) in [6.45, 7) is 0. The van der Waals surface area contributed by atoms with Crippen LogP contribution >= 0.6 is 0 Å². The highest BCUT2D eigenvalue weighted by Gasteiger charge is 2.47. The zero-order chi connectivity index (χ0) is 21.8. The molecule has 3 aromatic carbocycles. The van der Waals surface area contributed by atoms with E-state index in [1.54, 1.807) is 7.11 Å². The van der Waals surface area contributed by atoms with E-state index in [1.165, 1.54) is 0 Å². The molecule has 0 aliphatic rings. The van der Waals surface area contributed by atoms with E-state index >= 15 is 0 Å². The average Bonchev–Trinajstić information content (AvgIpc) is 3.16. The molecule has 31 heavy (non-hydrogen) atoms. The summed E-state index contributed by atoms with van der Waals surface area (Å²) in [5.41, 5.74) is 1.33. The van der Waals surface area contributed by atoms with Gasteiger partial charge in [0.1, 0.15) is 18.1 Å². The standard InChI is InChI=1S/C26H26N3O2/c1-28-18-19-29(2)25(28)26(30,21-14-16-23(31-3)17-15-21)24(20-10-6-4-7-11-20)27-22-12-8-5-9-13-22/h4-19,30H,1-3H3/q+1. The van der Waals surface area contributed by atoms with Gasteiger partial charge < -0.3 is 9.84 Å². The van der Waals surface area contributed by atoms with Gasteiger partial charge in [0.15, 0.2) is 0 Å². The monoisotopic (exact) mass is 412 g/mol. The average molecular weight is 413 g/mol. The summed E-state index contributed by atoms with van der Waals surface area (Å²) < 4.78 is 9.19. The molecule has 1 atom stereocenters. The first-order valence-electron chi connectivity index (χ1n) is 10.1. The molecule has 0 radical (unpaired) electrons. The summed E-state index contributed by atoms with van der Waals surface area (Å²) in [6, 6.07) is 27.0. The topological polar surface area (TPSA) is 50.6 Å². The highest BCUT2D eigenvalue weighted by molar-refractivity contribution is 6.09. The van der Waals surface area contributed by atoms with Crippen molar-refractivity contribution < 1.29 is 14.4 Å². The van der Waals surface area contributed by atoms with E-state index in [9.17, 15) is 5.11 Å². The molecular weight excluding hydrogens is 386 g/mol. The van der Waals surface area contributed by atoms with E-state index in [2.05, 4.69) is 0 Å². The van der Waals surface area contributed by atoms with Gasteiger partial charge in [-0.3, -0.25) is 0 Å². The van der Waals surface area contributed by atoms with Crippen molar-refractivity contribution in [2.24, 2.45) is 19.1 Å². The molecule has 4 rings (SSSR count). The van der Waals surface area contributed by atoms with Crippen LogP contribution in [0, 0.1) is 0 Å². The molecule has 0 saturated carbocycles. The Bertz CT molecular complexity index is 1160. The Morgan fingerprint density at radius 3 is 2.10 bits per heavy atom. The van der Waals surface area contributed by atoms with E-state index in [-0.39, 0.29) is 0 Å². The van der Waals surface area contributed by atoms with E-state index in [0.29, 0.717) is 17.1 Å². The lowest BCUT2D eigenvalue weighted by molar-refractivity contribution is -0.683. The maximum atomic E-state index is 12.5. The van der Waals surface area contributed by atoms with Gasteiger partial charge in [-0.05, 0) is 29.8 Å².